The van der Waals surface area contributed by atoms with E-state index in [1.54, 1.807) is 29.6 Å². The van der Waals surface area contributed by atoms with Gasteiger partial charge in [0.15, 0.2) is 5.16 Å². The number of hydrogen-bond acceptors (Lipinski definition) is 6. The predicted molar refractivity (Wildman–Crippen MR) is 128 cm³/mol. The first-order chi connectivity index (χ1) is 15.7. The summed E-state index contributed by atoms with van der Waals surface area (Å²) in [6.45, 7) is 1.08. The van der Waals surface area contributed by atoms with E-state index in [1.165, 1.54) is 0 Å². The molecule has 0 aliphatic carbocycles. The molecule has 0 atom stereocenters. The number of pyridine rings is 1. The van der Waals surface area contributed by atoms with Crippen molar-refractivity contribution in [1.29, 1.82) is 0 Å². The zero-order chi connectivity index (χ0) is 22.1. The minimum Gasteiger partial charge on any atom is -0.385 e. The minimum absolute atomic E-state index is 0.0685. The van der Waals surface area contributed by atoms with Gasteiger partial charge in [-0.1, -0.05) is 41.6 Å². The summed E-state index contributed by atoms with van der Waals surface area (Å²) in [5.41, 5.74) is 2.66. The predicted octanol–water partition coefficient (Wildman–Crippen LogP) is 4.57. The molecule has 162 valence electrons. The second-order valence-corrected chi connectivity index (χ2v) is 8.68. The number of thioether (sulfide) groups is 1. The number of ether oxygens (including phenoxy) is 1. The Balaban J connectivity index is 1.59. The van der Waals surface area contributed by atoms with Crippen LogP contribution in [0.2, 0.25) is 5.02 Å². The molecule has 0 radical (unpaired) electrons. The lowest BCUT2D eigenvalue weighted by atomic mass is 10.1. The Bertz CT molecular complexity index is 1500. The van der Waals surface area contributed by atoms with E-state index in [4.69, 9.17) is 16.3 Å². The molecule has 0 N–H and O–H groups in total. The summed E-state index contributed by atoms with van der Waals surface area (Å²) in [6, 6.07) is 15.3. The number of benzene rings is 2. The quantitative estimate of drug-likeness (QED) is 0.259. The molecule has 5 aromatic rings. The molecule has 0 unspecified atom stereocenters. The zero-order valence-electron chi connectivity index (χ0n) is 17.4. The van der Waals surface area contributed by atoms with Gasteiger partial charge in [-0.05, 0) is 42.3 Å². The van der Waals surface area contributed by atoms with Crippen LogP contribution in [0.25, 0.3) is 27.6 Å². The van der Waals surface area contributed by atoms with Crippen LogP contribution in [0.1, 0.15) is 12.0 Å². The van der Waals surface area contributed by atoms with Gasteiger partial charge in [0, 0.05) is 42.6 Å². The molecule has 32 heavy (non-hydrogen) atoms. The van der Waals surface area contributed by atoms with Crippen LogP contribution in [0.4, 0.5) is 0 Å². The number of methoxy groups -OCH3 is 1. The van der Waals surface area contributed by atoms with Crippen LogP contribution in [-0.2, 0) is 17.0 Å². The Labute approximate surface area is 193 Å². The molecule has 3 heterocycles. The van der Waals surface area contributed by atoms with Crippen molar-refractivity contribution in [1.82, 2.24) is 24.1 Å². The van der Waals surface area contributed by atoms with Crippen LogP contribution >= 0.6 is 23.4 Å². The van der Waals surface area contributed by atoms with Gasteiger partial charge < -0.3 is 4.74 Å². The second-order valence-electron chi connectivity index (χ2n) is 7.33. The van der Waals surface area contributed by atoms with Crippen LogP contribution in [0, 0.1) is 0 Å². The Morgan fingerprint density at radius 3 is 2.78 bits per heavy atom. The van der Waals surface area contributed by atoms with E-state index in [0.29, 0.717) is 41.5 Å². The SMILES string of the molecule is COCCCn1c(=O)c2ccccc2n2c(SCc3ccc(Cl)c4cccnc34)nnc12. The normalized spacial score (nSPS) is 11.7. The van der Waals surface area contributed by atoms with Crippen molar-refractivity contribution in [3.05, 3.63) is 75.7 Å². The Kier molecular flexibility index (Phi) is 5.82. The van der Waals surface area contributed by atoms with Crippen LogP contribution in [-0.4, -0.2) is 37.9 Å². The number of rotatable bonds is 7. The first-order valence-corrected chi connectivity index (χ1v) is 11.6. The van der Waals surface area contributed by atoms with Crippen molar-refractivity contribution < 1.29 is 4.74 Å². The van der Waals surface area contributed by atoms with Crippen LogP contribution in [0.3, 0.4) is 0 Å². The highest BCUT2D eigenvalue weighted by Gasteiger charge is 2.17. The standard InChI is InChI=1S/C23H20ClN5O2S/c1-31-13-5-12-28-21(30)17-6-2-3-8-19(17)29-22(28)26-27-23(29)32-14-15-9-10-18(24)16-7-4-11-25-20(15)16/h2-4,6-11H,5,12-14H2,1H3. The fraction of sp³-hybridized carbons (Fsp3) is 0.217. The van der Waals surface area contributed by atoms with E-state index in [2.05, 4.69) is 15.2 Å². The molecule has 2 aromatic carbocycles. The molecule has 0 bridgehead atoms. The van der Waals surface area contributed by atoms with Crippen LogP contribution < -0.4 is 5.56 Å². The summed E-state index contributed by atoms with van der Waals surface area (Å²) in [7, 11) is 1.65. The van der Waals surface area contributed by atoms with Gasteiger partial charge in [0.25, 0.3) is 5.56 Å². The van der Waals surface area contributed by atoms with E-state index >= 15 is 0 Å². The third-order valence-electron chi connectivity index (χ3n) is 5.37. The fourth-order valence-electron chi connectivity index (χ4n) is 3.85. The van der Waals surface area contributed by atoms with Crippen LogP contribution in [0.5, 0.6) is 0 Å². The van der Waals surface area contributed by atoms with Gasteiger partial charge >= 0.3 is 0 Å². The van der Waals surface area contributed by atoms with Gasteiger partial charge in [-0.15, -0.1) is 10.2 Å². The van der Waals surface area contributed by atoms with E-state index < -0.39 is 0 Å². The van der Waals surface area contributed by atoms with Gasteiger partial charge in [0.1, 0.15) is 0 Å². The summed E-state index contributed by atoms with van der Waals surface area (Å²) < 4.78 is 8.80. The van der Waals surface area contributed by atoms with Gasteiger partial charge in [-0.25, -0.2) is 0 Å². The number of aryl methyl sites for hydroxylation is 1. The summed E-state index contributed by atoms with van der Waals surface area (Å²) in [5.74, 6) is 1.18. The highest BCUT2D eigenvalue weighted by molar-refractivity contribution is 7.98. The number of nitrogens with zero attached hydrogens (tertiary/aromatic N) is 5. The first kappa shape index (κ1) is 20.9. The lowest BCUT2D eigenvalue weighted by molar-refractivity contribution is 0.190. The highest BCUT2D eigenvalue weighted by atomic mass is 35.5. The number of hydrogen-bond donors (Lipinski definition) is 0. The minimum atomic E-state index is -0.0685. The molecule has 5 rings (SSSR count). The Hall–Kier alpha value is -2.94. The zero-order valence-corrected chi connectivity index (χ0v) is 18.9. The average molecular weight is 466 g/mol. The third-order valence-corrected chi connectivity index (χ3v) is 6.67. The number of fused-ring (bicyclic) bond motifs is 4. The smallest absolute Gasteiger partial charge is 0.262 e. The monoisotopic (exact) mass is 465 g/mol. The van der Waals surface area contributed by atoms with Gasteiger partial charge in [-0.3, -0.25) is 18.7 Å². The topological polar surface area (TPSA) is 74.3 Å². The molecule has 0 aliphatic heterocycles. The average Bonchev–Trinajstić information content (AvgIpc) is 3.25. The van der Waals surface area contributed by atoms with Gasteiger partial charge in [0.05, 0.1) is 16.4 Å². The molecular formula is C23H20ClN5O2S. The summed E-state index contributed by atoms with van der Waals surface area (Å²) in [5, 5.41) is 11.8. The lowest BCUT2D eigenvalue weighted by Gasteiger charge is -2.11. The third kappa shape index (κ3) is 3.64. The van der Waals surface area contributed by atoms with Crippen molar-refractivity contribution in [2.24, 2.45) is 0 Å². The molecule has 0 saturated heterocycles. The maximum atomic E-state index is 13.1. The largest absolute Gasteiger partial charge is 0.385 e. The molecule has 0 aliphatic rings. The molecule has 0 amide bonds. The molecular weight excluding hydrogens is 446 g/mol. The molecule has 0 spiro atoms. The van der Waals surface area contributed by atoms with Gasteiger partial charge in [-0.2, -0.15) is 0 Å². The van der Waals surface area contributed by atoms with E-state index in [0.717, 1.165) is 27.1 Å². The van der Waals surface area contributed by atoms with Gasteiger partial charge in [0.2, 0.25) is 5.78 Å². The lowest BCUT2D eigenvalue weighted by Crippen LogP contribution is -2.24. The number of halogens is 1. The summed E-state index contributed by atoms with van der Waals surface area (Å²) in [4.78, 5) is 17.6. The molecule has 0 fully saturated rings. The number of para-hydroxylation sites is 1. The van der Waals surface area contributed by atoms with E-state index in [1.807, 2.05) is 52.9 Å². The molecule has 7 nitrogen and oxygen atoms in total. The van der Waals surface area contributed by atoms with Crippen molar-refractivity contribution in [2.75, 3.05) is 13.7 Å². The Morgan fingerprint density at radius 2 is 1.91 bits per heavy atom. The fourth-order valence-corrected chi connectivity index (χ4v) is 4.99. The van der Waals surface area contributed by atoms with Crippen molar-refractivity contribution in [2.45, 2.75) is 23.9 Å². The van der Waals surface area contributed by atoms with Crippen molar-refractivity contribution >= 4 is 50.9 Å². The highest BCUT2D eigenvalue weighted by Crippen LogP contribution is 2.30. The molecule has 3 aromatic heterocycles. The van der Waals surface area contributed by atoms with Crippen molar-refractivity contribution in [3.63, 3.8) is 0 Å². The Morgan fingerprint density at radius 1 is 1.06 bits per heavy atom. The van der Waals surface area contributed by atoms with Crippen molar-refractivity contribution in [3.8, 4) is 0 Å². The van der Waals surface area contributed by atoms with Crippen LogP contribution in [0.15, 0.2) is 64.7 Å². The van der Waals surface area contributed by atoms with E-state index in [-0.39, 0.29) is 5.56 Å². The number of aromatic nitrogens is 5. The summed E-state index contributed by atoms with van der Waals surface area (Å²) in [6.07, 6.45) is 2.48. The van der Waals surface area contributed by atoms with E-state index in [9.17, 15) is 4.79 Å². The maximum absolute atomic E-state index is 13.1. The summed E-state index contributed by atoms with van der Waals surface area (Å²) >= 11 is 7.90. The maximum Gasteiger partial charge on any atom is 0.262 e. The molecule has 9 heteroatoms. The second kappa shape index (κ2) is 8.90. The molecule has 0 saturated carbocycles. The first-order valence-electron chi connectivity index (χ1n) is 10.2.